The van der Waals surface area contributed by atoms with Gasteiger partial charge in [0, 0.05) is 25.7 Å². The third kappa shape index (κ3) is 62.8. The van der Waals surface area contributed by atoms with Crippen LogP contribution in [0.2, 0.25) is 0 Å². The zero-order valence-corrected chi connectivity index (χ0v) is 58.6. The first-order chi connectivity index (χ1) is 42.5. The molecule has 0 saturated heterocycles. The number of aliphatic hydroxyl groups is 1. The molecule has 17 nitrogen and oxygen atoms in total. The molecular formula is C69H134O17P2. The average Bonchev–Trinajstić information content (AvgIpc) is 3.62. The molecule has 0 aliphatic carbocycles. The zero-order valence-electron chi connectivity index (χ0n) is 56.9. The molecule has 0 amide bonds. The van der Waals surface area contributed by atoms with Crippen LogP contribution in [0.1, 0.15) is 356 Å². The lowest BCUT2D eigenvalue weighted by atomic mass is 10.0. The summed E-state index contributed by atoms with van der Waals surface area (Å²) in [5.74, 6) is -1.38. The van der Waals surface area contributed by atoms with Gasteiger partial charge in [0.25, 0.3) is 0 Å². The number of ether oxygens (including phenoxy) is 4. The van der Waals surface area contributed by atoms with E-state index in [9.17, 15) is 43.2 Å². The van der Waals surface area contributed by atoms with Gasteiger partial charge in [-0.25, -0.2) is 9.13 Å². The molecule has 0 aliphatic heterocycles. The Morgan fingerprint density at radius 3 is 0.773 bits per heavy atom. The summed E-state index contributed by atoms with van der Waals surface area (Å²) in [4.78, 5) is 72.2. The molecule has 0 radical (unpaired) electrons. The molecule has 0 aromatic rings. The molecule has 0 aromatic carbocycles. The number of aliphatic hydroxyl groups excluding tert-OH is 1. The van der Waals surface area contributed by atoms with Crippen LogP contribution in [0.4, 0.5) is 0 Å². The van der Waals surface area contributed by atoms with Gasteiger partial charge in [-0.2, -0.15) is 0 Å². The van der Waals surface area contributed by atoms with E-state index in [-0.39, 0.29) is 25.7 Å². The molecule has 19 heteroatoms. The van der Waals surface area contributed by atoms with Crippen molar-refractivity contribution in [2.45, 2.75) is 374 Å². The number of carbonyl (C=O) groups excluding carboxylic acids is 4. The molecule has 522 valence electrons. The van der Waals surface area contributed by atoms with Crippen molar-refractivity contribution < 1.29 is 80.2 Å². The second-order valence-electron chi connectivity index (χ2n) is 25.4. The van der Waals surface area contributed by atoms with Crippen molar-refractivity contribution in [2.24, 2.45) is 5.92 Å². The van der Waals surface area contributed by atoms with Gasteiger partial charge in [0.15, 0.2) is 12.2 Å². The van der Waals surface area contributed by atoms with E-state index in [1.54, 1.807) is 0 Å². The Morgan fingerprint density at radius 1 is 0.307 bits per heavy atom. The first-order valence-corrected chi connectivity index (χ1v) is 39.1. The van der Waals surface area contributed by atoms with Crippen molar-refractivity contribution in [2.75, 3.05) is 39.6 Å². The van der Waals surface area contributed by atoms with Crippen molar-refractivity contribution in [1.29, 1.82) is 0 Å². The van der Waals surface area contributed by atoms with E-state index < -0.39 is 97.5 Å². The number of rotatable bonds is 69. The quantitative estimate of drug-likeness (QED) is 0.0222. The lowest BCUT2D eigenvalue weighted by molar-refractivity contribution is -0.161. The summed E-state index contributed by atoms with van der Waals surface area (Å²) in [6.07, 6.45) is 48.9. The Hall–Kier alpha value is -1.94. The van der Waals surface area contributed by atoms with Crippen LogP contribution in [0.5, 0.6) is 0 Å². The molecule has 88 heavy (non-hydrogen) atoms. The maximum absolute atomic E-state index is 13.0. The predicted octanol–water partition coefficient (Wildman–Crippen LogP) is 19.7. The first kappa shape index (κ1) is 86.1. The Kier molecular flexibility index (Phi) is 61.1. The van der Waals surface area contributed by atoms with E-state index in [0.717, 1.165) is 102 Å². The van der Waals surface area contributed by atoms with E-state index >= 15 is 0 Å². The standard InChI is InChI=1S/C69H134O17P2/c1-6-9-12-15-17-19-21-23-25-26-28-30-35-39-44-49-54-69(74)86-65(59-80-67(72)53-48-43-38-34-29-27-24-22-20-18-16-13-10-7-2)61-84-88(77,78)82-57-63(70)56-81-87(75,76)83-60-64(58-79-66(71)52-47-41-14-11-8-3)85-68(73)55-50-45-40-36-32-31-33-37-42-46-51-62(4)5/h62-65,70H,6-61H2,1-5H3,(H,75,76)(H,77,78)/t63-,64+,65+/m0/s1. The maximum atomic E-state index is 13.0. The minimum Gasteiger partial charge on any atom is -0.462 e. The number of unbranched alkanes of at least 4 members (excludes halogenated alkanes) is 41. The minimum atomic E-state index is -4.95. The highest BCUT2D eigenvalue weighted by atomic mass is 31.2. The van der Waals surface area contributed by atoms with E-state index in [4.69, 9.17) is 37.0 Å². The second kappa shape index (κ2) is 62.5. The number of hydrogen-bond donors (Lipinski definition) is 3. The van der Waals surface area contributed by atoms with Gasteiger partial charge >= 0.3 is 39.5 Å². The van der Waals surface area contributed by atoms with Gasteiger partial charge in [0.05, 0.1) is 26.4 Å². The topological polar surface area (TPSA) is 237 Å². The number of esters is 4. The first-order valence-electron chi connectivity index (χ1n) is 36.1. The predicted molar refractivity (Wildman–Crippen MR) is 354 cm³/mol. The second-order valence-corrected chi connectivity index (χ2v) is 28.3. The van der Waals surface area contributed by atoms with Crippen molar-refractivity contribution >= 4 is 39.5 Å². The fraction of sp³-hybridized carbons (Fsp3) is 0.942. The molecule has 0 saturated carbocycles. The largest absolute Gasteiger partial charge is 0.472 e. The fourth-order valence-corrected chi connectivity index (χ4v) is 12.0. The van der Waals surface area contributed by atoms with Crippen LogP contribution in [-0.2, 0) is 65.4 Å². The summed E-state index contributed by atoms with van der Waals surface area (Å²) in [6.45, 7) is 7.15. The third-order valence-electron chi connectivity index (χ3n) is 16.0. The number of carbonyl (C=O) groups is 4. The number of hydrogen-bond acceptors (Lipinski definition) is 15. The minimum absolute atomic E-state index is 0.105. The number of phosphoric acid groups is 2. The fourth-order valence-electron chi connectivity index (χ4n) is 10.5. The molecular weight excluding hydrogens is 1160 g/mol. The molecule has 3 N–H and O–H groups in total. The molecule has 2 unspecified atom stereocenters. The summed E-state index contributed by atoms with van der Waals surface area (Å²) in [6, 6.07) is 0. The highest BCUT2D eigenvalue weighted by Crippen LogP contribution is 2.45. The summed E-state index contributed by atoms with van der Waals surface area (Å²) >= 11 is 0. The van der Waals surface area contributed by atoms with Crippen LogP contribution in [0.25, 0.3) is 0 Å². The van der Waals surface area contributed by atoms with E-state index in [2.05, 4.69) is 34.6 Å². The smallest absolute Gasteiger partial charge is 0.462 e. The molecule has 0 aliphatic rings. The van der Waals surface area contributed by atoms with Crippen LogP contribution in [0.15, 0.2) is 0 Å². The molecule has 0 fully saturated rings. The van der Waals surface area contributed by atoms with Crippen molar-refractivity contribution in [1.82, 2.24) is 0 Å². The van der Waals surface area contributed by atoms with Crippen molar-refractivity contribution in [3.05, 3.63) is 0 Å². The molecule has 0 aromatic heterocycles. The Morgan fingerprint density at radius 2 is 0.523 bits per heavy atom. The summed E-state index contributed by atoms with van der Waals surface area (Å²) in [7, 11) is -9.89. The summed E-state index contributed by atoms with van der Waals surface area (Å²) in [5, 5.41) is 10.6. The van der Waals surface area contributed by atoms with Gasteiger partial charge in [-0.3, -0.25) is 37.3 Å². The molecule has 0 heterocycles. The average molecular weight is 1300 g/mol. The van der Waals surface area contributed by atoms with Gasteiger partial charge < -0.3 is 33.8 Å². The maximum Gasteiger partial charge on any atom is 0.472 e. The van der Waals surface area contributed by atoms with Gasteiger partial charge in [-0.1, -0.05) is 304 Å². The van der Waals surface area contributed by atoms with Crippen LogP contribution in [-0.4, -0.2) is 96.7 Å². The van der Waals surface area contributed by atoms with Crippen LogP contribution >= 0.6 is 15.6 Å². The molecule has 0 bridgehead atoms. The monoisotopic (exact) mass is 1300 g/mol. The van der Waals surface area contributed by atoms with E-state index in [1.807, 2.05) is 0 Å². The van der Waals surface area contributed by atoms with E-state index in [0.29, 0.717) is 25.7 Å². The normalized spacial score (nSPS) is 14.1. The highest BCUT2D eigenvalue weighted by molar-refractivity contribution is 7.47. The van der Waals surface area contributed by atoms with Gasteiger partial charge in [-0.05, 0) is 31.6 Å². The molecule has 0 rings (SSSR count). The summed E-state index contributed by atoms with van der Waals surface area (Å²) in [5.41, 5.74) is 0. The summed E-state index contributed by atoms with van der Waals surface area (Å²) < 4.78 is 68.1. The van der Waals surface area contributed by atoms with Gasteiger partial charge in [0.2, 0.25) is 0 Å². The highest BCUT2D eigenvalue weighted by Gasteiger charge is 2.30. The van der Waals surface area contributed by atoms with Crippen LogP contribution in [0.3, 0.4) is 0 Å². The van der Waals surface area contributed by atoms with Gasteiger partial charge in [0.1, 0.15) is 19.3 Å². The Balaban J connectivity index is 5.16. The molecule has 0 spiro atoms. The Bertz CT molecular complexity index is 1700. The number of phosphoric ester groups is 2. The van der Waals surface area contributed by atoms with Crippen LogP contribution in [0, 0.1) is 5.92 Å². The lowest BCUT2D eigenvalue weighted by Crippen LogP contribution is -2.30. The lowest BCUT2D eigenvalue weighted by Gasteiger charge is -2.21. The van der Waals surface area contributed by atoms with Crippen molar-refractivity contribution in [3.63, 3.8) is 0 Å². The Labute approximate surface area is 537 Å². The van der Waals surface area contributed by atoms with E-state index in [1.165, 1.54) is 173 Å². The van der Waals surface area contributed by atoms with Crippen LogP contribution < -0.4 is 0 Å². The zero-order chi connectivity index (χ0) is 64.9. The SMILES string of the molecule is CCCCCCCCCCCCCCCCCCC(=O)O[C@H](COC(=O)CCCCCCCCCCCCCCCC)COP(=O)(O)OC[C@@H](O)COP(=O)(O)OC[C@@H](COC(=O)CCCCCCC)OC(=O)CCCCCCCCCCCCC(C)C. The molecule has 5 atom stereocenters. The van der Waals surface area contributed by atoms with Crippen molar-refractivity contribution in [3.8, 4) is 0 Å². The van der Waals surface area contributed by atoms with Gasteiger partial charge in [-0.15, -0.1) is 0 Å². The third-order valence-corrected chi connectivity index (χ3v) is 17.9.